The van der Waals surface area contributed by atoms with Gasteiger partial charge in [-0.05, 0) is 23.8 Å². The summed E-state index contributed by atoms with van der Waals surface area (Å²) in [6, 6.07) is 17.4. The number of carbonyl (C=O) groups excluding carboxylic acids is 1. The van der Waals surface area contributed by atoms with Crippen molar-refractivity contribution in [2.24, 2.45) is 0 Å². The van der Waals surface area contributed by atoms with E-state index < -0.39 is 0 Å². The predicted molar refractivity (Wildman–Crippen MR) is 93.4 cm³/mol. The summed E-state index contributed by atoms with van der Waals surface area (Å²) in [6.45, 7) is 0. The van der Waals surface area contributed by atoms with Gasteiger partial charge < -0.3 is 0 Å². The Kier molecular flexibility index (Phi) is 4.27. The Morgan fingerprint density at radius 2 is 1.57 bits per heavy atom. The molecule has 1 aromatic heterocycles. The van der Waals surface area contributed by atoms with Crippen LogP contribution in [0.5, 0.6) is 0 Å². The van der Waals surface area contributed by atoms with Gasteiger partial charge in [0.2, 0.25) is 0 Å². The number of alkyl halides is 2. The number of para-hydroxylation sites is 1. The fourth-order valence-corrected chi connectivity index (χ4v) is 3.81. The van der Waals surface area contributed by atoms with Gasteiger partial charge in [-0.25, -0.2) is 0 Å². The number of rotatable bonds is 3. The first-order valence-electron chi connectivity index (χ1n) is 6.60. The normalized spacial score (nSPS) is 11.0. The molecular formula is C17H13Br2NO. The van der Waals surface area contributed by atoms with E-state index in [0.29, 0.717) is 10.9 Å². The molecule has 21 heavy (non-hydrogen) atoms. The van der Waals surface area contributed by atoms with Crippen molar-refractivity contribution in [1.29, 1.82) is 0 Å². The largest absolute Gasteiger partial charge is 0.279 e. The highest BCUT2D eigenvalue weighted by Crippen LogP contribution is 2.30. The molecule has 2 aromatic carbocycles. The van der Waals surface area contributed by atoms with Gasteiger partial charge in [0.05, 0.1) is 5.52 Å². The fraction of sp³-hybridized carbons (Fsp3) is 0.118. The zero-order chi connectivity index (χ0) is 14.8. The Labute approximate surface area is 140 Å². The second-order valence-electron chi connectivity index (χ2n) is 4.72. The molecule has 0 saturated heterocycles. The molecule has 3 aromatic rings. The molecule has 0 aliphatic carbocycles. The zero-order valence-corrected chi connectivity index (χ0v) is 14.4. The number of benzene rings is 2. The van der Waals surface area contributed by atoms with Crippen LogP contribution in [0.25, 0.3) is 10.9 Å². The second-order valence-corrected chi connectivity index (χ2v) is 5.84. The van der Waals surface area contributed by atoms with Crippen molar-refractivity contribution in [3.63, 3.8) is 0 Å². The second kappa shape index (κ2) is 6.16. The van der Waals surface area contributed by atoms with Crippen LogP contribution in [0.2, 0.25) is 0 Å². The molecule has 0 unspecified atom stereocenters. The molecule has 0 amide bonds. The summed E-state index contributed by atoms with van der Waals surface area (Å²) in [5.74, 6) is 0.00782. The highest BCUT2D eigenvalue weighted by Gasteiger charge is 2.20. The van der Waals surface area contributed by atoms with Crippen molar-refractivity contribution in [3.8, 4) is 0 Å². The third kappa shape index (κ3) is 2.47. The summed E-state index contributed by atoms with van der Waals surface area (Å²) in [4.78, 5) is 12.9. The van der Waals surface area contributed by atoms with E-state index >= 15 is 0 Å². The SMILES string of the molecule is O=C(c1ccccc1)n1c(CBr)c(CBr)c2ccccc21. The van der Waals surface area contributed by atoms with E-state index in [1.807, 2.05) is 53.1 Å². The van der Waals surface area contributed by atoms with Gasteiger partial charge in [-0.15, -0.1) is 0 Å². The molecule has 4 heteroatoms. The highest BCUT2D eigenvalue weighted by atomic mass is 79.9. The number of nitrogens with zero attached hydrogens (tertiary/aromatic N) is 1. The Balaban J connectivity index is 2.29. The van der Waals surface area contributed by atoms with Crippen molar-refractivity contribution in [2.75, 3.05) is 0 Å². The van der Waals surface area contributed by atoms with E-state index in [1.165, 1.54) is 0 Å². The van der Waals surface area contributed by atoms with E-state index in [-0.39, 0.29) is 5.91 Å². The third-order valence-corrected chi connectivity index (χ3v) is 4.66. The summed E-state index contributed by atoms with van der Waals surface area (Å²) < 4.78 is 1.82. The molecule has 0 fully saturated rings. The molecule has 106 valence electrons. The molecule has 0 N–H and O–H groups in total. The topological polar surface area (TPSA) is 22.0 Å². The third-order valence-electron chi connectivity index (χ3n) is 3.57. The number of hydrogen-bond acceptors (Lipinski definition) is 1. The molecule has 3 rings (SSSR count). The molecule has 0 aliphatic heterocycles. The maximum Gasteiger partial charge on any atom is 0.262 e. The van der Waals surface area contributed by atoms with E-state index in [1.54, 1.807) is 0 Å². The lowest BCUT2D eigenvalue weighted by Crippen LogP contribution is -2.14. The lowest BCUT2D eigenvalue weighted by molar-refractivity contribution is 0.0963. The lowest BCUT2D eigenvalue weighted by Gasteiger charge is -2.08. The van der Waals surface area contributed by atoms with Crippen molar-refractivity contribution in [3.05, 3.63) is 71.4 Å². The summed E-state index contributed by atoms with van der Waals surface area (Å²) in [7, 11) is 0. The number of hydrogen-bond donors (Lipinski definition) is 0. The molecule has 0 spiro atoms. The zero-order valence-electron chi connectivity index (χ0n) is 11.2. The van der Waals surface area contributed by atoms with Gasteiger partial charge in [0.15, 0.2) is 0 Å². The molecular weight excluding hydrogens is 394 g/mol. The Bertz CT molecular complexity index is 793. The van der Waals surface area contributed by atoms with E-state index in [9.17, 15) is 4.79 Å². The molecule has 0 saturated carbocycles. The van der Waals surface area contributed by atoms with Crippen LogP contribution in [0.4, 0.5) is 0 Å². The Morgan fingerprint density at radius 3 is 2.24 bits per heavy atom. The van der Waals surface area contributed by atoms with Gasteiger partial charge in [0.1, 0.15) is 0 Å². The van der Waals surface area contributed by atoms with Crippen LogP contribution in [0.3, 0.4) is 0 Å². The van der Waals surface area contributed by atoms with Crippen LogP contribution in [0, 0.1) is 0 Å². The van der Waals surface area contributed by atoms with Crippen molar-refractivity contribution >= 4 is 48.7 Å². The van der Waals surface area contributed by atoms with Crippen molar-refractivity contribution in [1.82, 2.24) is 4.57 Å². The van der Waals surface area contributed by atoms with Crippen LogP contribution in [-0.2, 0) is 10.7 Å². The minimum Gasteiger partial charge on any atom is -0.279 e. The van der Waals surface area contributed by atoms with Crippen LogP contribution in [0.15, 0.2) is 54.6 Å². The van der Waals surface area contributed by atoms with Gasteiger partial charge in [0, 0.05) is 27.3 Å². The average Bonchev–Trinajstić information content (AvgIpc) is 2.88. The molecule has 2 nitrogen and oxygen atoms in total. The van der Waals surface area contributed by atoms with E-state index in [0.717, 1.165) is 27.5 Å². The Hall–Kier alpha value is -1.39. The predicted octanol–water partition coefficient (Wildman–Crippen LogP) is 5.12. The fourth-order valence-electron chi connectivity index (χ4n) is 2.59. The highest BCUT2D eigenvalue weighted by molar-refractivity contribution is 9.09. The number of halogens is 2. The summed E-state index contributed by atoms with van der Waals surface area (Å²) >= 11 is 7.07. The van der Waals surface area contributed by atoms with Crippen LogP contribution < -0.4 is 0 Å². The standard InChI is InChI=1S/C17H13Br2NO/c18-10-14-13-8-4-5-9-15(13)20(16(14)11-19)17(21)12-6-2-1-3-7-12/h1-9H,10-11H2. The minimum absolute atomic E-state index is 0.00782. The molecule has 0 atom stereocenters. The number of aromatic nitrogens is 1. The van der Waals surface area contributed by atoms with Crippen molar-refractivity contribution in [2.45, 2.75) is 10.7 Å². The van der Waals surface area contributed by atoms with Gasteiger partial charge >= 0.3 is 0 Å². The minimum atomic E-state index is 0.00782. The van der Waals surface area contributed by atoms with E-state index in [4.69, 9.17) is 0 Å². The van der Waals surface area contributed by atoms with Crippen LogP contribution in [-0.4, -0.2) is 10.5 Å². The quantitative estimate of drug-likeness (QED) is 0.553. The van der Waals surface area contributed by atoms with Crippen LogP contribution >= 0.6 is 31.9 Å². The number of carbonyl (C=O) groups is 1. The summed E-state index contributed by atoms with van der Waals surface area (Å²) in [5.41, 5.74) is 3.81. The maximum atomic E-state index is 12.9. The van der Waals surface area contributed by atoms with Gasteiger partial charge in [-0.2, -0.15) is 0 Å². The average molecular weight is 407 g/mol. The maximum absolute atomic E-state index is 12.9. The van der Waals surface area contributed by atoms with Gasteiger partial charge in [-0.1, -0.05) is 68.3 Å². The first kappa shape index (κ1) is 14.5. The first-order valence-corrected chi connectivity index (χ1v) is 8.85. The lowest BCUT2D eigenvalue weighted by atomic mass is 10.2. The molecule has 0 bridgehead atoms. The van der Waals surface area contributed by atoms with Gasteiger partial charge in [-0.3, -0.25) is 9.36 Å². The van der Waals surface area contributed by atoms with Gasteiger partial charge in [0.25, 0.3) is 5.91 Å². The molecule has 0 aliphatic rings. The monoisotopic (exact) mass is 405 g/mol. The summed E-state index contributed by atoms with van der Waals surface area (Å²) in [5, 5.41) is 2.48. The Morgan fingerprint density at radius 1 is 0.905 bits per heavy atom. The van der Waals surface area contributed by atoms with E-state index in [2.05, 4.69) is 37.9 Å². The molecule has 1 heterocycles. The summed E-state index contributed by atoms with van der Waals surface area (Å²) in [6.07, 6.45) is 0. The smallest absolute Gasteiger partial charge is 0.262 e. The first-order chi connectivity index (χ1) is 10.3. The van der Waals surface area contributed by atoms with Crippen LogP contribution in [0.1, 0.15) is 21.6 Å². The number of fused-ring (bicyclic) bond motifs is 1. The molecule has 0 radical (unpaired) electrons. The van der Waals surface area contributed by atoms with Crippen molar-refractivity contribution < 1.29 is 4.79 Å².